The molecule has 3 nitrogen and oxygen atoms in total. The molecule has 0 saturated carbocycles. The van der Waals surface area contributed by atoms with E-state index in [0.717, 1.165) is 11.7 Å². The number of hydrogen-bond donors (Lipinski definition) is 1. The van der Waals surface area contributed by atoms with E-state index >= 15 is 0 Å². The summed E-state index contributed by atoms with van der Waals surface area (Å²) in [5.74, 6) is 2.60. The maximum Gasteiger partial charge on any atom is 0.104 e. The Hall–Kier alpha value is -0.490. The van der Waals surface area contributed by atoms with Gasteiger partial charge >= 0.3 is 0 Å². The number of nitrogens with one attached hydrogen (secondary N) is 1. The Bertz CT molecular complexity index is 550. The molecule has 0 spiro atoms. The Morgan fingerprint density at radius 2 is 2.23 bits per heavy atom. The summed E-state index contributed by atoms with van der Waals surface area (Å²) in [6, 6.07) is 10.7. The highest BCUT2D eigenvalue weighted by atomic mass is 32.2. The Morgan fingerprint density at radius 1 is 1.36 bits per heavy atom. The largest absolute Gasteiger partial charge is 0.303 e. The smallest absolute Gasteiger partial charge is 0.104 e. The average molecular weight is 334 g/mol. The van der Waals surface area contributed by atoms with Crippen molar-refractivity contribution in [1.82, 2.24) is 9.62 Å². The number of thioether (sulfide) groups is 1. The van der Waals surface area contributed by atoms with Gasteiger partial charge in [-0.15, -0.1) is 11.8 Å². The summed E-state index contributed by atoms with van der Waals surface area (Å²) >= 11 is 3.45. The van der Waals surface area contributed by atoms with Gasteiger partial charge in [0.05, 0.1) is 17.7 Å². The van der Waals surface area contributed by atoms with Gasteiger partial charge in [0.1, 0.15) is 5.04 Å². The Balaban J connectivity index is 1.45. The molecule has 0 amide bonds. The van der Waals surface area contributed by atoms with Crippen LogP contribution in [0.25, 0.3) is 0 Å². The predicted octanol–water partition coefficient (Wildman–Crippen LogP) is 3.59. The van der Waals surface area contributed by atoms with Crippen LogP contribution in [0.1, 0.15) is 25.3 Å². The van der Waals surface area contributed by atoms with Gasteiger partial charge in [-0.3, -0.25) is 0 Å². The number of nitrogens with zero attached hydrogens (tertiary/aromatic N) is 2. The van der Waals surface area contributed by atoms with Crippen molar-refractivity contribution >= 4 is 28.9 Å². The fourth-order valence-corrected chi connectivity index (χ4v) is 6.11. The minimum absolute atomic E-state index is 0.0470. The normalized spacial score (nSPS) is 37.3. The van der Waals surface area contributed by atoms with Crippen LogP contribution in [-0.2, 0) is 5.75 Å². The Morgan fingerprint density at radius 3 is 3.05 bits per heavy atom. The summed E-state index contributed by atoms with van der Waals surface area (Å²) < 4.78 is 8.34. The molecule has 4 atom stereocenters. The van der Waals surface area contributed by atoms with Crippen LogP contribution in [0.2, 0.25) is 0 Å². The molecule has 4 unspecified atom stereocenters. The molecule has 3 aliphatic heterocycles. The third kappa shape index (κ3) is 2.84. The molecule has 2 fully saturated rings. The van der Waals surface area contributed by atoms with Gasteiger partial charge in [0, 0.05) is 18.8 Å². The molecule has 4 rings (SSSR count). The lowest BCUT2D eigenvalue weighted by molar-refractivity contribution is 0.163. The minimum atomic E-state index is 0.0470. The highest BCUT2D eigenvalue weighted by Crippen LogP contribution is 2.42. The van der Waals surface area contributed by atoms with Gasteiger partial charge in [-0.2, -0.15) is 4.40 Å². The predicted molar refractivity (Wildman–Crippen MR) is 97.0 cm³/mol. The number of fused-ring (bicyclic) bond motifs is 2. The zero-order chi connectivity index (χ0) is 15.0. The van der Waals surface area contributed by atoms with Crippen LogP contribution >= 0.6 is 23.9 Å². The van der Waals surface area contributed by atoms with E-state index in [2.05, 4.69) is 46.9 Å². The van der Waals surface area contributed by atoms with Crippen molar-refractivity contribution in [2.45, 2.75) is 31.1 Å². The van der Waals surface area contributed by atoms with Crippen LogP contribution < -0.4 is 4.72 Å². The number of benzene rings is 1. The van der Waals surface area contributed by atoms with Gasteiger partial charge in [0.15, 0.2) is 0 Å². The number of rotatable bonds is 3. The fraction of sp³-hybridized carbons (Fsp3) is 0.588. The lowest BCUT2D eigenvalue weighted by atomic mass is 9.79. The topological polar surface area (TPSA) is 27.6 Å². The summed E-state index contributed by atoms with van der Waals surface area (Å²) in [6.07, 6.45) is 2.74. The summed E-state index contributed by atoms with van der Waals surface area (Å²) in [4.78, 5) is 2.65. The Kier molecular flexibility index (Phi) is 4.24. The van der Waals surface area contributed by atoms with Crippen LogP contribution in [0.5, 0.6) is 0 Å². The van der Waals surface area contributed by atoms with Crippen molar-refractivity contribution in [2.24, 2.45) is 16.2 Å². The van der Waals surface area contributed by atoms with E-state index in [9.17, 15) is 0 Å². The van der Waals surface area contributed by atoms with Gasteiger partial charge in [0.2, 0.25) is 0 Å². The first-order chi connectivity index (χ1) is 10.7. The summed E-state index contributed by atoms with van der Waals surface area (Å²) in [5, 5.41) is 1.29. The second-order valence-corrected chi connectivity index (χ2v) is 8.45. The molecule has 0 aromatic heterocycles. The highest BCUT2D eigenvalue weighted by molar-refractivity contribution is 8.14. The summed E-state index contributed by atoms with van der Waals surface area (Å²) in [7, 11) is 0. The lowest BCUT2D eigenvalue weighted by Gasteiger charge is -2.40. The van der Waals surface area contributed by atoms with Crippen molar-refractivity contribution in [3.05, 3.63) is 35.9 Å². The van der Waals surface area contributed by atoms with Crippen molar-refractivity contribution in [2.75, 3.05) is 19.6 Å². The molecule has 1 aromatic rings. The van der Waals surface area contributed by atoms with E-state index < -0.39 is 0 Å². The number of hydrogen-bond acceptors (Lipinski definition) is 5. The van der Waals surface area contributed by atoms with Crippen molar-refractivity contribution < 1.29 is 0 Å². The zero-order valence-electron chi connectivity index (χ0n) is 13.0. The van der Waals surface area contributed by atoms with E-state index in [1.165, 1.54) is 55.2 Å². The quantitative estimate of drug-likeness (QED) is 0.856. The van der Waals surface area contributed by atoms with E-state index in [-0.39, 0.29) is 5.54 Å². The molecule has 22 heavy (non-hydrogen) atoms. The zero-order valence-corrected chi connectivity index (χ0v) is 14.6. The molecule has 1 N–H and O–H groups in total. The molecule has 0 radical (unpaired) electrons. The van der Waals surface area contributed by atoms with E-state index in [4.69, 9.17) is 4.40 Å². The van der Waals surface area contributed by atoms with E-state index in [0.29, 0.717) is 5.92 Å². The van der Waals surface area contributed by atoms with Crippen LogP contribution in [0, 0.1) is 11.8 Å². The SMILES string of the molecule is CC1(C2CC3CCN(C3)C2)NSN=C1SCc1ccccc1. The molecule has 0 aliphatic carbocycles. The molecular formula is C17H23N3S2. The molecule has 118 valence electrons. The highest BCUT2D eigenvalue weighted by Gasteiger charge is 2.47. The molecule has 5 heteroatoms. The average Bonchev–Trinajstić information content (AvgIpc) is 3.09. The van der Waals surface area contributed by atoms with Crippen LogP contribution in [0.4, 0.5) is 0 Å². The maximum absolute atomic E-state index is 4.72. The van der Waals surface area contributed by atoms with Gasteiger partial charge in [-0.1, -0.05) is 30.3 Å². The second kappa shape index (κ2) is 6.19. The molecular weight excluding hydrogens is 310 g/mol. The van der Waals surface area contributed by atoms with Crippen molar-refractivity contribution in [3.63, 3.8) is 0 Å². The third-order valence-corrected chi connectivity index (χ3v) is 7.50. The Labute approximate surface area is 141 Å². The van der Waals surface area contributed by atoms with Gasteiger partial charge in [-0.25, -0.2) is 4.72 Å². The fourth-order valence-electron chi connectivity index (χ4n) is 3.94. The lowest BCUT2D eigenvalue weighted by Crippen LogP contribution is -2.54. The third-order valence-electron chi connectivity index (χ3n) is 5.33. The van der Waals surface area contributed by atoms with E-state index in [1.54, 1.807) is 0 Å². The van der Waals surface area contributed by atoms with Crippen LogP contribution in [0.3, 0.4) is 0 Å². The second-order valence-electron chi connectivity index (χ2n) is 6.91. The first-order valence-corrected chi connectivity index (χ1v) is 9.90. The first kappa shape index (κ1) is 15.1. The minimum Gasteiger partial charge on any atom is -0.303 e. The molecule has 2 saturated heterocycles. The van der Waals surface area contributed by atoms with E-state index in [1.807, 2.05) is 11.8 Å². The van der Waals surface area contributed by atoms with Gasteiger partial charge < -0.3 is 4.90 Å². The first-order valence-electron chi connectivity index (χ1n) is 8.15. The van der Waals surface area contributed by atoms with Crippen LogP contribution in [-0.4, -0.2) is 35.1 Å². The number of piperidine rings is 1. The maximum atomic E-state index is 4.72. The summed E-state index contributed by atoms with van der Waals surface area (Å²) in [6.45, 7) is 6.21. The van der Waals surface area contributed by atoms with Gasteiger partial charge in [0.25, 0.3) is 0 Å². The van der Waals surface area contributed by atoms with Crippen molar-refractivity contribution in [1.29, 1.82) is 0 Å². The molecule has 3 heterocycles. The van der Waals surface area contributed by atoms with Crippen LogP contribution in [0.15, 0.2) is 34.7 Å². The molecule has 1 aromatic carbocycles. The van der Waals surface area contributed by atoms with Crippen molar-refractivity contribution in [3.8, 4) is 0 Å². The molecule has 2 bridgehead atoms. The monoisotopic (exact) mass is 333 g/mol. The van der Waals surface area contributed by atoms with Gasteiger partial charge in [-0.05, 0) is 43.7 Å². The standard InChI is InChI=1S/C17H23N3S2/c1-17(15-9-14-7-8-20(10-14)11-15)16(18-22-19-17)21-12-13-5-3-2-4-6-13/h2-6,14-15,19H,7-12H2,1H3. The molecule has 3 aliphatic rings. The summed E-state index contributed by atoms with van der Waals surface area (Å²) in [5.41, 5.74) is 1.42.